The van der Waals surface area contributed by atoms with Crippen molar-refractivity contribution in [3.63, 3.8) is 0 Å². The van der Waals surface area contributed by atoms with Crippen molar-refractivity contribution < 1.29 is 9.90 Å². The van der Waals surface area contributed by atoms with Crippen LogP contribution in [0.1, 0.15) is 38.5 Å². The van der Waals surface area contributed by atoms with Gasteiger partial charge in [-0.1, -0.05) is 43.5 Å². The molecule has 0 spiro atoms. The van der Waals surface area contributed by atoms with Crippen LogP contribution in [0, 0.1) is 0 Å². The highest BCUT2D eigenvalue weighted by molar-refractivity contribution is 6.01. The first kappa shape index (κ1) is 14.0. The van der Waals surface area contributed by atoms with E-state index >= 15 is 0 Å². The van der Waals surface area contributed by atoms with E-state index in [9.17, 15) is 9.90 Å². The van der Waals surface area contributed by atoms with E-state index in [4.69, 9.17) is 0 Å². The summed E-state index contributed by atoms with van der Waals surface area (Å²) >= 11 is 0. The van der Waals surface area contributed by atoms with Crippen LogP contribution in [0.2, 0.25) is 0 Å². The summed E-state index contributed by atoms with van der Waals surface area (Å²) in [6, 6.07) is 7.81. The molecule has 21 heavy (non-hydrogen) atoms. The first-order valence-corrected chi connectivity index (χ1v) is 7.51. The quantitative estimate of drug-likeness (QED) is 0.909. The molecule has 2 N–H and O–H groups in total. The number of benzene rings is 1. The highest BCUT2D eigenvalue weighted by Crippen LogP contribution is 2.31. The van der Waals surface area contributed by atoms with Crippen molar-refractivity contribution in [3.05, 3.63) is 36.7 Å². The van der Waals surface area contributed by atoms with Gasteiger partial charge in [0.15, 0.2) is 0 Å². The van der Waals surface area contributed by atoms with Gasteiger partial charge in [0, 0.05) is 17.0 Å². The molecule has 110 valence electrons. The van der Waals surface area contributed by atoms with Crippen LogP contribution in [0.3, 0.4) is 0 Å². The van der Waals surface area contributed by atoms with E-state index in [-0.39, 0.29) is 12.3 Å². The Morgan fingerprint density at radius 2 is 1.95 bits per heavy atom. The summed E-state index contributed by atoms with van der Waals surface area (Å²) in [5.74, 6) is -0.141. The standard InChI is InChI=1S/C17H20N2O2/c20-16(10-17(21)8-4-1-5-9-17)19-15-12-18-11-13-6-2-3-7-14(13)15/h2-3,6-7,11-12,21H,1,4-5,8-10H2,(H,19,20). The minimum absolute atomic E-state index is 0.141. The molecule has 0 atom stereocenters. The van der Waals surface area contributed by atoms with Crippen molar-refractivity contribution in [1.29, 1.82) is 0 Å². The van der Waals surface area contributed by atoms with Crippen LogP contribution in [0.25, 0.3) is 10.8 Å². The maximum Gasteiger partial charge on any atom is 0.227 e. The largest absolute Gasteiger partial charge is 0.389 e. The predicted octanol–water partition coefficient (Wildman–Crippen LogP) is 3.26. The molecule has 1 aromatic carbocycles. The molecule has 2 aromatic rings. The van der Waals surface area contributed by atoms with Gasteiger partial charge >= 0.3 is 0 Å². The number of anilines is 1. The molecule has 0 aliphatic heterocycles. The van der Waals surface area contributed by atoms with Gasteiger partial charge in [0.05, 0.1) is 23.9 Å². The lowest BCUT2D eigenvalue weighted by Crippen LogP contribution is -2.35. The number of rotatable bonds is 3. The highest BCUT2D eigenvalue weighted by Gasteiger charge is 2.31. The van der Waals surface area contributed by atoms with Crippen LogP contribution in [0.15, 0.2) is 36.7 Å². The van der Waals surface area contributed by atoms with E-state index < -0.39 is 5.60 Å². The molecule has 0 unspecified atom stereocenters. The number of amides is 1. The van der Waals surface area contributed by atoms with Crippen molar-refractivity contribution in [1.82, 2.24) is 4.98 Å². The molecule has 0 saturated heterocycles. The normalized spacial score (nSPS) is 17.6. The SMILES string of the molecule is O=C(CC1(O)CCCCC1)Nc1cncc2ccccc12. The summed E-state index contributed by atoms with van der Waals surface area (Å²) < 4.78 is 0. The molecule has 1 aromatic heterocycles. The lowest BCUT2D eigenvalue weighted by molar-refractivity contribution is -0.122. The number of pyridine rings is 1. The van der Waals surface area contributed by atoms with Gasteiger partial charge in [0.25, 0.3) is 0 Å². The van der Waals surface area contributed by atoms with Gasteiger partial charge in [-0.15, -0.1) is 0 Å². The average molecular weight is 284 g/mol. The van der Waals surface area contributed by atoms with E-state index in [0.717, 1.165) is 30.0 Å². The molecule has 1 saturated carbocycles. The number of carbonyl (C=O) groups excluding carboxylic acids is 1. The van der Waals surface area contributed by atoms with Crippen molar-refractivity contribution >= 4 is 22.4 Å². The van der Waals surface area contributed by atoms with Crippen LogP contribution in [0.5, 0.6) is 0 Å². The fourth-order valence-corrected chi connectivity index (χ4v) is 3.10. The lowest BCUT2D eigenvalue weighted by Gasteiger charge is -2.31. The molecule has 4 heteroatoms. The van der Waals surface area contributed by atoms with Gasteiger partial charge < -0.3 is 10.4 Å². The van der Waals surface area contributed by atoms with Gasteiger partial charge in [-0.2, -0.15) is 0 Å². The number of nitrogens with zero attached hydrogens (tertiary/aromatic N) is 1. The number of carbonyl (C=O) groups is 1. The molecule has 1 amide bonds. The van der Waals surface area contributed by atoms with Gasteiger partial charge in [-0.05, 0) is 12.8 Å². The van der Waals surface area contributed by atoms with E-state index in [0.29, 0.717) is 18.5 Å². The first-order chi connectivity index (χ1) is 10.2. The Morgan fingerprint density at radius 3 is 2.76 bits per heavy atom. The van der Waals surface area contributed by atoms with Crippen LogP contribution in [-0.4, -0.2) is 21.6 Å². The second-order valence-electron chi connectivity index (χ2n) is 5.92. The monoisotopic (exact) mass is 284 g/mol. The average Bonchev–Trinajstić information content (AvgIpc) is 2.48. The van der Waals surface area contributed by atoms with Crippen molar-refractivity contribution in [2.24, 2.45) is 0 Å². The maximum absolute atomic E-state index is 12.2. The number of nitrogens with one attached hydrogen (secondary N) is 1. The highest BCUT2D eigenvalue weighted by atomic mass is 16.3. The Labute approximate surface area is 124 Å². The van der Waals surface area contributed by atoms with E-state index in [1.54, 1.807) is 12.4 Å². The van der Waals surface area contributed by atoms with Gasteiger partial charge in [0.2, 0.25) is 5.91 Å². The first-order valence-electron chi connectivity index (χ1n) is 7.51. The second-order valence-corrected chi connectivity index (χ2v) is 5.92. The zero-order valence-electron chi connectivity index (χ0n) is 12.0. The molecule has 3 rings (SSSR count). The Morgan fingerprint density at radius 1 is 1.19 bits per heavy atom. The molecule has 4 nitrogen and oxygen atoms in total. The molecule has 1 aliphatic carbocycles. The van der Waals surface area contributed by atoms with Crippen LogP contribution in [0.4, 0.5) is 5.69 Å². The third-order valence-electron chi connectivity index (χ3n) is 4.22. The number of hydrogen-bond acceptors (Lipinski definition) is 3. The second kappa shape index (κ2) is 5.82. The molecule has 1 fully saturated rings. The summed E-state index contributed by atoms with van der Waals surface area (Å²) in [5, 5.41) is 15.3. The summed E-state index contributed by atoms with van der Waals surface area (Å²) in [6.07, 6.45) is 8.18. The van der Waals surface area contributed by atoms with Crippen molar-refractivity contribution in [2.75, 3.05) is 5.32 Å². The number of aliphatic hydroxyl groups is 1. The zero-order valence-corrected chi connectivity index (χ0v) is 12.0. The van der Waals surface area contributed by atoms with E-state index in [2.05, 4.69) is 10.3 Å². The van der Waals surface area contributed by atoms with Crippen molar-refractivity contribution in [2.45, 2.75) is 44.1 Å². The minimum atomic E-state index is -0.833. The summed E-state index contributed by atoms with van der Waals surface area (Å²) in [7, 11) is 0. The third kappa shape index (κ3) is 3.22. The fourth-order valence-electron chi connectivity index (χ4n) is 3.10. The van der Waals surface area contributed by atoms with Crippen molar-refractivity contribution in [3.8, 4) is 0 Å². The Hall–Kier alpha value is -1.94. The fraction of sp³-hybridized carbons (Fsp3) is 0.412. The molecular formula is C17H20N2O2. The van der Waals surface area contributed by atoms with Crippen LogP contribution < -0.4 is 5.32 Å². The van der Waals surface area contributed by atoms with Gasteiger partial charge in [0.1, 0.15) is 0 Å². The Balaban J connectivity index is 1.74. The third-order valence-corrected chi connectivity index (χ3v) is 4.22. The summed E-state index contributed by atoms with van der Waals surface area (Å²) in [5.41, 5.74) is -0.127. The summed E-state index contributed by atoms with van der Waals surface area (Å²) in [6.45, 7) is 0. The van der Waals surface area contributed by atoms with E-state index in [1.807, 2.05) is 24.3 Å². The van der Waals surface area contributed by atoms with Gasteiger partial charge in [-0.3, -0.25) is 9.78 Å². The molecule has 1 heterocycles. The van der Waals surface area contributed by atoms with Crippen LogP contribution in [-0.2, 0) is 4.79 Å². The Kier molecular flexibility index (Phi) is 3.88. The zero-order chi connectivity index (χ0) is 14.7. The number of hydrogen-bond donors (Lipinski definition) is 2. The lowest BCUT2D eigenvalue weighted by atomic mass is 9.82. The molecule has 0 radical (unpaired) electrons. The smallest absolute Gasteiger partial charge is 0.227 e. The molecule has 1 aliphatic rings. The molecule has 0 bridgehead atoms. The van der Waals surface area contributed by atoms with Gasteiger partial charge in [-0.25, -0.2) is 0 Å². The molecular weight excluding hydrogens is 264 g/mol. The summed E-state index contributed by atoms with van der Waals surface area (Å²) in [4.78, 5) is 16.4. The predicted molar refractivity (Wildman–Crippen MR) is 83.0 cm³/mol. The topological polar surface area (TPSA) is 62.2 Å². The number of fused-ring (bicyclic) bond motifs is 1. The Bertz CT molecular complexity index is 643. The van der Waals surface area contributed by atoms with E-state index in [1.165, 1.54) is 0 Å². The minimum Gasteiger partial charge on any atom is -0.389 e. The number of aromatic nitrogens is 1. The maximum atomic E-state index is 12.2. The van der Waals surface area contributed by atoms with Crippen LogP contribution >= 0.6 is 0 Å².